The van der Waals surface area contributed by atoms with Gasteiger partial charge < -0.3 is 15.5 Å². The van der Waals surface area contributed by atoms with Gasteiger partial charge in [0.05, 0.1) is 5.70 Å². The number of carbonyl (C=O) groups excluding carboxylic acids is 2. The monoisotopic (exact) mass is 393 g/mol. The standard InChI is InChI=1S/C24H27NO4/c1-13-3-10-18-16(11-13)7-4-14(2)20(18)23(28)21-22(27)19(25-24(21)29)12-15-5-8-17(26)9-6-15/h4-9,12-14,16,18,20,26-27H,3,10-11H2,1-2H3,(H,25,29)/b19-12-/t13-,14+,16+,18+,20+/m0/s1. The molecule has 5 nitrogen and oxygen atoms in total. The van der Waals surface area contributed by atoms with Gasteiger partial charge in [0.25, 0.3) is 5.91 Å². The largest absolute Gasteiger partial charge is 0.508 e. The van der Waals surface area contributed by atoms with Gasteiger partial charge in [-0.15, -0.1) is 0 Å². The van der Waals surface area contributed by atoms with Crippen molar-refractivity contribution in [2.75, 3.05) is 0 Å². The van der Waals surface area contributed by atoms with Crippen LogP contribution in [0.4, 0.5) is 0 Å². The topological polar surface area (TPSA) is 86.6 Å². The predicted molar refractivity (Wildman–Crippen MR) is 111 cm³/mol. The zero-order valence-corrected chi connectivity index (χ0v) is 16.8. The van der Waals surface area contributed by atoms with Gasteiger partial charge in [-0.25, -0.2) is 0 Å². The maximum atomic E-state index is 13.4. The van der Waals surface area contributed by atoms with Crippen LogP contribution < -0.4 is 5.32 Å². The van der Waals surface area contributed by atoms with E-state index in [9.17, 15) is 19.8 Å². The molecule has 0 spiro atoms. The summed E-state index contributed by atoms with van der Waals surface area (Å²) >= 11 is 0. The number of allylic oxidation sites excluding steroid dienone is 2. The van der Waals surface area contributed by atoms with Crippen molar-refractivity contribution in [2.24, 2.45) is 29.6 Å². The molecule has 0 unspecified atom stereocenters. The average molecular weight is 393 g/mol. The summed E-state index contributed by atoms with van der Waals surface area (Å²) in [5, 5.41) is 22.7. The van der Waals surface area contributed by atoms with Crippen molar-refractivity contribution in [3.63, 3.8) is 0 Å². The van der Waals surface area contributed by atoms with Gasteiger partial charge in [0.1, 0.15) is 11.3 Å². The first-order valence-corrected chi connectivity index (χ1v) is 10.3. The number of phenols is 1. The number of aliphatic hydroxyl groups is 1. The summed E-state index contributed by atoms with van der Waals surface area (Å²) in [6.45, 7) is 4.27. The van der Waals surface area contributed by atoms with Crippen molar-refractivity contribution in [1.29, 1.82) is 0 Å². The molecule has 1 aliphatic heterocycles. The molecule has 4 rings (SSSR count). The summed E-state index contributed by atoms with van der Waals surface area (Å²) in [5.41, 5.74) is 0.796. The first-order chi connectivity index (χ1) is 13.8. The third-order valence-electron chi connectivity index (χ3n) is 6.63. The Bertz CT molecular complexity index is 925. The average Bonchev–Trinajstić information content (AvgIpc) is 2.96. The Hall–Kier alpha value is -2.82. The number of carbonyl (C=O) groups is 2. The molecule has 3 aliphatic rings. The first-order valence-electron chi connectivity index (χ1n) is 10.3. The molecule has 1 amide bonds. The lowest BCUT2D eigenvalue weighted by atomic mass is 9.61. The number of amides is 1. The highest BCUT2D eigenvalue weighted by atomic mass is 16.3. The molecule has 0 aromatic heterocycles. The molecule has 1 aromatic rings. The quantitative estimate of drug-likeness (QED) is 0.533. The molecule has 0 bridgehead atoms. The highest BCUT2D eigenvalue weighted by Gasteiger charge is 2.45. The van der Waals surface area contributed by atoms with E-state index < -0.39 is 5.91 Å². The van der Waals surface area contributed by atoms with Crippen LogP contribution in [0.1, 0.15) is 38.7 Å². The number of hydrogen-bond acceptors (Lipinski definition) is 4. The Kier molecular flexibility index (Phi) is 5.07. The fourth-order valence-corrected chi connectivity index (χ4v) is 5.10. The Balaban J connectivity index is 1.65. The molecule has 3 N–H and O–H groups in total. The van der Waals surface area contributed by atoms with E-state index in [0.29, 0.717) is 17.4 Å². The van der Waals surface area contributed by atoms with E-state index in [1.165, 1.54) is 12.1 Å². The van der Waals surface area contributed by atoms with Crippen LogP contribution in [0.2, 0.25) is 0 Å². The minimum absolute atomic E-state index is 0.0374. The summed E-state index contributed by atoms with van der Waals surface area (Å²) in [6.07, 6.45) is 9.08. The van der Waals surface area contributed by atoms with Gasteiger partial charge in [0.15, 0.2) is 11.5 Å². The van der Waals surface area contributed by atoms with Gasteiger partial charge >= 0.3 is 0 Å². The number of nitrogens with one attached hydrogen (secondary N) is 1. The van der Waals surface area contributed by atoms with Gasteiger partial charge in [-0.2, -0.15) is 0 Å². The van der Waals surface area contributed by atoms with Crippen LogP contribution in [0.5, 0.6) is 5.75 Å². The van der Waals surface area contributed by atoms with Crippen LogP contribution in [-0.4, -0.2) is 21.9 Å². The second-order valence-electron chi connectivity index (χ2n) is 8.71. The second kappa shape index (κ2) is 7.54. The van der Waals surface area contributed by atoms with Crippen LogP contribution >= 0.6 is 0 Å². The summed E-state index contributed by atoms with van der Waals surface area (Å²) in [4.78, 5) is 26.0. The molecule has 5 atom stereocenters. The minimum Gasteiger partial charge on any atom is -0.508 e. The van der Waals surface area contributed by atoms with Gasteiger partial charge in [0, 0.05) is 5.92 Å². The van der Waals surface area contributed by atoms with Crippen molar-refractivity contribution >= 4 is 17.8 Å². The van der Waals surface area contributed by atoms with Crippen molar-refractivity contribution in [3.05, 3.63) is 59.0 Å². The molecule has 1 saturated carbocycles. The highest BCUT2D eigenvalue weighted by Crippen LogP contribution is 2.46. The number of aliphatic hydroxyl groups excluding tert-OH is 1. The third-order valence-corrected chi connectivity index (χ3v) is 6.63. The number of fused-ring (bicyclic) bond motifs is 1. The smallest absolute Gasteiger partial charge is 0.263 e. The number of aromatic hydroxyl groups is 1. The Morgan fingerprint density at radius 1 is 1.10 bits per heavy atom. The van der Waals surface area contributed by atoms with E-state index in [1.54, 1.807) is 18.2 Å². The maximum absolute atomic E-state index is 13.4. The molecule has 1 aromatic carbocycles. The number of phenolic OH excluding ortho intramolecular Hbond substituents is 1. The summed E-state index contributed by atoms with van der Waals surface area (Å²) in [5.74, 6) is 0.0381. The van der Waals surface area contributed by atoms with Crippen LogP contribution in [0.3, 0.4) is 0 Å². The fourth-order valence-electron chi connectivity index (χ4n) is 5.10. The lowest BCUT2D eigenvalue weighted by Gasteiger charge is -2.42. The second-order valence-corrected chi connectivity index (χ2v) is 8.71. The molecule has 0 radical (unpaired) electrons. The van der Waals surface area contributed by atoms with E-state index in [4.69, 9.17) is 0 Å². The normalized spacial score (nSPS) is 33.0. The Morgan fingerprint density at radius 3 is 2.55 bits per heavy atom. The summed E-state index contributed by atoms with van der Waals surface area (Å²) < 4.78 is 0. The summed E-state index contributed by atoms with van der Waals surface area (Å²) in [7, 11) is 0. The number of rotatable bonds is 3. The van der Waals surface area contributed by atoms with Crippen LogP contribution in [-0.2, 0) is 9.59 Å². The Labute approximate surface area is 170 Å². The molecule has 2 aliphatic carbocycles. The van der Waals surface area contributed by atoms with Crippen LogP contribution in [0.15, 0.2) is 53.4 Å². The number of ketones is 1. The maximum Gasteiger partial charge on any atom is 0.263 e. The summed E-state index contributed by atoms with van der Waals surface area (Å²) in [6, 6.07) is 6.39. The SMILES string of the molecule is C[C@H]1CC[C@H]2[C@H](C(=O)C3=C(O)/C(=C/c4ccc(O)cc4)NC3=O)[C@H](C)C=C[C@@H]2C1. The third kappa shape index (κ3) is 3.61. The van der Waals surface area contributed by atoms with E-state index in [-0.39, 0.29) is 46.3 Å². The number of benzene rings is 1. The van der Waals surface area contributed by atoms with E-state index in [0.717, 1.165) is 19.3 Å². The fraction of sp³-hybridized carbons (Fsp3) is 0.417. The van der Waals surface area contributed by atoms with Gasteiger partial charge in [-0.3, -0.25) is 9.59 Å². The minimum atomic E-state index is -0.542. The van der Waals surface area contributed by atoms with Crippen LogP contribution in [0.25, 0.3) is 6.08 Å². The number of hydrogen-bond donors (Lipinski definition) is 3. The van der Waals surface area contributed by atoms with E-state index in [2.05, 4.69) is 24.4 Å². The lowest BCUT2D eigenvalue weighted by molar-refractivity contribution is -0.127. The van der Waals surface area contributed by atoms with E-state index >= 15 is 0 Å². The van der Waals surface area contributed by atoms with Crippen molar-refractivity contribution < 1.29 is 19.8 Å². The number of Topliss-reactive ketones (excluding diaryl/α,β-unsaturated/α-hetero) is 1. The predicted octanol–water partition coefficient (Wildman–Crippen LogP) is 4.12. The molecule has 1 heterocycles. The molecular formula is C24H27NO4. The van der Waals surface area contributed by atoms with E-state index in [1.807, 2.05) is 6.92 Å². The zero-order chi connectivity index (χ0) is 20.7. The zero-order valence-electron chi connectivity index (χ0n) is 16.8. The molecule has 1 fully saturated rings. The first kappa shape index (κ1) is 19.5. The molecule has 152 valence electrons. The molecule has 29 heavy (non-hydrogen) atoms. The van der Waals surface area contributed by atoms with Crippen molar-refractivity contribution in [1.82, 2.24) is 5.32 Å². The van der Waals surface area contributed by atoms with Gasteiger partial charge in [-0.1, -0.05) is 44.6 Å². The Morgan fingerprint density at radius 2 is 1.83 bits per heavy atom. The van der Waals surface area contributed by atoms with Gasteiger partial charge in [-0.05, 0) is 60.3 Å². The van der Waals surface area contributed by atoms with Gasteiger partial charge in [0.2, 0.25) is 0 Å². The molecular weight excluding hydrogens is 366 g/mol. The van der Waals surface area contributed by atoms with Crippen LogP contribution in [0, 0.1) is 29.6 Å². The lowest BCUT2D eigenvalue weighted by Crippen LogP contribution is -2.40. The highest BCUT2D eigenvalue weighted by molar-refractivity contribution is 6.23. The van der Waals surface area contributed by atoms with Crippen molar-refractivity contribution in [2.45, 2.75) is 33.1 Å². The molecule has 5 heteroatoms. The molecule has 0 saturated heterocycles. The van der Waals surface area contributed by atoms with Crippen molar-refractivity contribution in [3.8, 4) is 5.75 Å².